The van der Waals surface area contributed by atoms with Crippen LogP contribution in [0, 0.1) is 0 Å². The second-order valence-electron chi connectivity index (χ2n) is 8.23. The summed E-state index contributed by atoms with van der Waals surface area (Å²) in [5, 5.41) is 0. The smallest absolute Gasteiger partial charge is 0.305 e. The van der Waals surface area contributed by atoms with Gasteiger partial charge in [0.15, 0.2) is 0 Å². The van der Waals surface area contributed by atoms with Crippen molar-refractivity contribution in [2.45, 2.75) is 89.9 Å². The summed E-state index contributed by atoms with van der Waals surface area (Å²) in [7, 11) is 1.44. The lowest BCUT2D eigenvalue weighted by molar-refractivity contribution is -0.140. The first-order valence-corrected chi connectivity index (χ1v) is 11.7. The van der Waals surface area contributed by atoms with Gasteiger partial charge in [-0.3, -0.25) is 19.3 Å². The molecule has 0 spiro atoms. The van der Waals surface area contributed by atoms with Crippen LogP contribution < -0.4 is 0 Å². The van der Waals surface area contributed by atoms with Crippen LogP contribution in [0.4, 0.5) is 0 Å². The summed E-state index contributed by atoms with van der Waals surface area (Å²) in [6, 6.07) is 7.09. The maximum absolute atomic E-state index is 12.3. The fourth-order valence-corrected chi connectivity index (χ4v) is 4.03. The largest absolute Gasteiger partial charge is 0.469 e. The lowest BCUT2D eigenvalue weighted by Crippen LogP contribution is -2.30. The number of fused-ring (bicyclic) bond motifs is 1. The summed E-state index contributed by atoms with van der Waals surface area (Å²) >= 11 is 0. The Morgan fingerprint density at radius 3 is 1.53 bits per heavy atom. The maximum Gasteiger partial charge on any atom is 0.305 e. The van der Waals surface area contributed by atoms with E-state index in [1.165, 1.54) is 69.8 Å². The van der Waals surface area contributed by atoms with Gasteiger partial charge in [0.05, 0.1) is 18.2 Å². The Labute approximate surface area is 181 Å². The van der Waals surface area contributed by atoms with Crippen LogP contribution in [0.1, 0.15) is 111 Å². The lowest BCUT2D eigenvalue weighted by Gasteiger charge is -2.13. The minimum atomic E-state index is -0.140. The number of esters is 1. The number of carbonyl (C=O) groups is 3. The summed E-state index contributed by atoms with van der Waals surface area (Å²) in [5.74, 6) is -0.378. The molecule has 0 fully saturated rings. The zero-order valence-electron chi connectivity index (χ0n) is 18.5. The highest BCUT2D eigenvalue weighted by molar-refractivity contribution is 6.21. The van der Waals surface area contributed by atoms with Gasteiger partial charge in [-0.25, -0.2) is 0 Å². The van der Waals surface area contributed by atoms with E-state index in [-0.39, 0.29) is 17.8 Å². The van der Waals surface area contributed by atoms with Gasteiger partial charge in [0.2, 0.25) is 0 Å². The Balaban J connectivity index is 1.37. The van der Waals surface area contributed by atoms with Gasteiger partial charge in [-0.05, 0) is 25.0 Å². The molecule has 1 aromatic rings. The van der Waals surface area contributed by atoms with Crippen molar-refractivity contribution < 1.29 is 19.1 Å². The summed E-state index contributed by atoms with van der Waals surface area (Å²) in [5.41, 5.74) is 1.09. The number of ether oxygens (including phenoxy) is 1. The number of benzene rings is 1. The van der Waals surface area contributed by atoms with E-state index in [0.29, 0.717) is 24.1 Å². The van der Waals surface area contributed by atoms with Crippen LogP contribution in [0.3, 0.4) is 0 Å². The van der Waals surface area contributed by atoms with Gasteiger partial charge in [0.25, 0.3) is 11.8 Å². The Morgan fingerprint density at radius 2 is 1.10 bits per heavy atom. The molecule has 5 heteroatoms. The van der Waals surface area contributed by atoms with Gasteiger partial charge in [0.1, 0.15) is 0 Å². The number of methoxy groups -OCH3 is 1. The monoisotopic (exact) mass is 415 g/mol. The highest BCUT2D eigenvalue weighted by atomic mass is 16.5. The van der Waals surface area contributed by atoms with Gasteiger partial charge >= 0.3 is 5.97 Å². The SMILES string of the molecule is COC(=O)CCCCCCCCCCCCCCCN1C(=O)c2ccccc2C1=O. The fourth-order valence-electron chi connectivity index (χ4n) is 4.03. The number of nitrogens with zero attached hydrogens (tertiary/aromatic N) is 1. The van der Waals surface area contributed by atoms with E-state index < -0.39 is 0 Å². The normalized spacial score (nSPS) is 13.0. The van der Waals surface area contributed by atoms with Gasteiger partial charge in [0, 0.05) is 13.0 Å². The van der Waals surface area contributed by atoms with Crippen molar-refractivity contribution in [3.63, 3.8) is 0 Å². The molecular weight excluding hydrogens is 378 g/mol. The van der Waals surface area contributed by atoms with Crippen LogP contribution in [0.15, 0.2) is 24.3 Å². The van der Waals surface area contributed by atoms with Gasteiger partial charge in [-0.15, -0.1) is 0 Å². The minimum absolute atomic E-state index is 0.0985. The molecule has 0 aromatic heterocycles. The van der Waals surface area contributed by atoms with Gasteiger partial charge in [-0.2, -0.15) is 0 Å². The van der Waals surface area contributed by atoms with Crippen molar-refractivity contribution in [1.29, 1.82) is 0 Å². The first-order chi connectivity index (χ1) is 14.6. The van der Waals surface area contributed by atoms with E-state index in [1.54, 1.807) is 24.3 Å². The van der Waals surface area contributed by atoms with Crippen molar-refractivity contribution in [2.75, 3.05) is 13.7 Å². The molecule has 0 unspecified atom stereocenters. The van der Waals surface area contributed by atoms with Crippen LogP contribution >= 0.6 is 0 Å². The van der Waals surface area contributed by atoms with Crippen molar-refractivity contribution >= 4 is 17.8 Å². The van der Waals surface area contributed by atoms with E-state index >= 15 is 0 Å². The Morgan fingerprint density at radius 1 is 0.700 bits per heavy atom. The molecule has 2 rings (SSSR count). The third kappa shape index (κ3) is 7.92. The van der Waals surface area contributed by atoms with Crippen LogP contribution in [-0.2, 0) is 9.53 Å². The summed E-state index contributed by atoms with van der Waals surface area (Å²) in [4.78, 5) is 37.0. The average Bonchev–Trinajstić information content (AvgIpc) is 3.01. The number of rotatable bonds is 16. The molecule has 2 amide bonds. The molecule has 30 heavy (non-hydrogen) atoms. The third-order valence-corrected chi connectivity index (χ3v) is 5.87. The molecular formula is C25H37NO4. The molecule has 0 radical (unpaired) electrons. The van der Waals surface area contributed by atoms with E-state index in [0.717, 1.165) is 25.7 Å². The second kappa shape index (κ2) is 13.9. The highest BCUT2D eigenvalue weighted by Crippen LogP contribution is 2.23. The number of amides is 2. The number of imide groups is 1. The third-order valence-electron chi connectivity index (χ3n) is 5.87. The molecule has 0 aliphatic carbocycles. The molecule has 166 valence electrons. The lowest BCUT2D eigenvalue weighted by atomic mass is 10.0. The predicted octanol–water partition coefficient (Wildman–Crippen LogP) is 5.92. The van der Waals surface area contributed by atoms with Crippen LogP contribution in [-0.4, -0.2) is 36.3 Å². The minimum Gasteiger partial charge on any atom is -0.469 e. The van der Waals surface area contributed by atoms with Crippen LogP contribution in [0.5, 0.6) is 0 Å². The quantitative estimate of drug-likeness (QED) is 0.191. The first kappa shape index (κ1) is 24.1. The Hall–Kier alpha value is -2.17. The van der Waals surface area contributed by atoms with Gasteiger partial charge in [-0.1, -0.05) is 82.8 Å². The average molecular weight is 416 g/mol. The number of carbonyl (C=O) groups excluding carboxylic acids is 3. The van der Waals surface area contributed by atoms with E-state index in [2.05, 4.69) is 4.74 Å². The Bertz CT molecular complexity index is 650. The van der Waals surface area contributed by atoms with Crippen molar-refractivity contribution in [3.8, 4) is 0 Å². The fraction of sp³-hybridized carbons (Fsp3) is 0.640. The van der Waals surface area contributed by atoms with Crippen molar-refractivity contribution in [3.05, 3.63) is 35.4 Å². The first-order valence-electron chi connectivity index (χ1n) is 11.7. The van der Waals surface area contributed by atoms with Gasteiger partial charge < -0.3 is 4.74 Å². The maximum atomic E-state index is 12.3. The highest BCUT2D eigenvalue weighted by Gasteiger charge is 2.34. The molecule has 0 atom stereocenters. The van der Waals surface area contributed by atoms with Crippen molar-refractivity contribution in [1.82, 2.24) is 4.90 Å². The number of hydrogen-bond donors (Lipinski definition) is 0. The van der Waals surface area contributed by atoms with E-state index in [1.807, 2.05) is 0 Å². The number of unbranched alkanes of at least 4 members (excludes halogenated alkanes) is 12. The second-order valence-corrected chi connectivity index (χ2v) is 8.23. The Kier molecular flexibility index (Phi) is 11.2. The molecule has 1 heterocycles. The topological polar surface area (TPSA) is 63.7 Å². The molecule has 0 saturated carbocycles. The summed E-state index contributed by atoms with van der Waals surface area (Å²) < 4.78 is 4.64. The summed E-state index contributed by atoms with van der Waals surface area (Å²) in [6.07, 6.45) is 15.9. The molecule has 1 aromatic carbocycles. The zero-order chi connectivity index (χ0) is 21.6. The van der Waals surface area contributed by atoms with E-state index in [4.69, 9.17) is 0 Å². The summed E-state index contributed by atoms with van der Waals surface area (Å²) in [6.45, 7) is 0.534. The molecule has 5 nitrogen and oxygen atoms in total. The molecule has 1 aliphatic heterocycles. The molecule has 0 saturated heterocycles. The van der Waals surface area contributed by atoms with Crippen molar-refractivity contribution in [2.24, 2.45) is 0 Å². The molecule has 0 N–H and O–H groups in total. The van der Waals surface area contributed by atoms with Crippen LogP contribution in [0.2, 0.25) is 0 Å². The van der Waals surface area contributed by atoms with E-state index in [9.17, 15) is 14.4 Å². The van der Waals surface area contributed by atoms with Crippen LogP contribution in [0.25, 0.3) is 0 Å². The molecule has 1 aliphatic rings. The molecule has 0 bridgehead atoms. The predicted molar refractivity (Wildman–Crippen MR) is 118 cm³/mol. The standard InChI is InChI=1S/C25H37NO4/c1-30-23(27)19-13-11-9-7-5-3-2-4-6-8-10-12-16-20-26-24(28)21-17-14-15-18-22(21)25(26)29/h14-15,17-18H,2-13,16,19-20H2,1H3. The zero-order valence-corrected chi connectivity index (χ0v) is 18.5. The number of hydrogen-bond acceptors (Lipinski definition) is 4.